The molecule has 0 fully saturated rings. The first-order valence-electron chi connectivity index (χ1n) is 21.4. The molecule has 2 aliphatic rings. The third-order valence-corrected chi connectivity index (χ3v) is 13.4. The van der Waals surface area contributed by atoms with Crippen LogP contribution in [0.4, 0.5) is 17.1 Å². The summed E-state index contributed by atoms with van der Waals surface area (Å²) in [4.78, 5) is 2.42. The number of hydrogen-bond acceptors (Lipinski definition) is 2. The van der Waals surface area contributed by atoms with Gasteiger partial charge in [-0.1, -0.05) is 178 Å². The molecule has 0 bridgehead atoms. The Balaban J connectivity index is 1.01. The van der Waals surface area contributed by atoms with Crippen molar-refractivity contribution in [3.05, 3.63) is 240 Å². The van der Waals surface area contributed by atoms with E-state index in [2.05, 4.69) is 225 Å². The predicted molar refractivity (Wildman–Crippen MR) is 255 cm³/mol. The Hall–Kier alpha value is -7.42. The first kappa shape index (κ1) is 35.5. The first-order valence-corrected chi connectivity index (χ1v) is 21.4. The zero-order valence-electron chi connectivity index (χ0n) is 34.3. The highest BCUT2D eigenvalue weighted by Crippen LogP contribution is 2.52. The summed E-state index contributed by atoms with van der Waals surface area (Å²) in [6.45, 7) is 4.71. The third-order valence-electron chi connectivity index (χ3n) is 13.4. The predicted octanol–water partition coefficient (Wildman–Crippen LogP) is 16.1. The second-order valence-corrected chi connectivity index (χ2v) is 17.2. The van der Waals surface area contributed by atoms with E-state index in [9.17, 15) is 0 Å². The van der Waals surface area contributed by atoms with Crippen LogP contribution in [0.25, 0.3) is 60.3 Å². The van der Waals surface area contributed by atoms with Gasteiger partial charge in [0.15, 0.2) is 0 Å². The summed E-state index contributed by atoms with van der Waals surface area (Å²) in [6.07, 6.45) is 3.28. The number of fused-ring (bicyclic) bond motifs is 9. The molecule has 2 heteroatoms. The summed E-state index contributed by atoms with van der Waals surface area (Å²) in [5.41, 5.74) is 17.0. The van der Waals surface area contributed by atoms with Gasteiger partial charge in [0.05, 0.1) is 0 Å². The topological polar surface area (TPSA) is 16.4 Å². The van der Waals surface area contributed by atoms with Gasteiger partial charge in [0.25, 0.3) is 0 Å². The summed E-state index contributed by atoms with van der Waals surface area (Å²) < 4.78 is 7.21. The Morgan fingerprint density at radius 3 is 1.90 bits per heavy atom. The lowest BCUT2D eigenvalue weighted by atomic mass is 9.80. The van der Waals surface area contributed by atoms with Crippen molar-refractivity contribution in [2.45, 2.75) is 31.6 Å². The number of benzene rings is 9. The van der Waals surface area contributed by atoms with Gasteiger partial charge in [0.1, 0.15) is 11.3 Å². The van der Waals surface area contributed by atoms with Crippen LogP contribution < -0.4 is 4.90 Å². The minimum atomic E-state index is -0.106. The Morgan fingerprint density at radius 1 is 0.475 bits per heavy atom. The van der Waals surface area contributed by atoms with E-state index in [1.54, 1.807) is 0 Å². The van der Waals surface area contributed by atoms with Crippen molar-refractivity contribution in [3.63, 3.8) is 0 Å². The number of rotatable bonds is 6. The van der Waals surface area contributed by atoms with Crippen LogP contribution in [0, 0.1) is 0 Å². The molecule has 10 aromatic rings. The molecule has 1 heterocycles. The highest BCUT2D eigenvalue weighted by atomic mass is 16.3. The minimum absolute atomic E-state index is 0.0521. The third kappa shape index (κ3) is 5.63. The molecule has 9 aromatic carbocycles. The molecule has 0 saturated carbocycles. The van der Waals surface area contributed by atoms with Crippen molar-refractivity contribution in [3.8, 4) is 22.3 Å². The first-order chi connectivity index (χ1) is 30.0. The largest absolute Gasteiger partial charge is 0.459 e. The summed E-state index contributed by atoms with van der Waals surface area (Å²) >= 11 is 0. The molecule has 0 radical (unpaired) electrons. The SMILES string of the molecule is CC1(C)c2ccccc2-c2ccc(N(c3ccc(C4CC=C(c5ccccc5)c5c4oc4c5cc(-c5ccccc5)c5ccccc54)cc3)c3ccc4ccccc4c3)cc21. The van der Waals surface area contributed by atoms with Crippen molar-refractivity contribution < 1.29 is 4.42 Å². The van der Waals surface area contributed by atoms with Gasteiger partial charge in [-0.3, -0.25) is 0 Å². The Bertz CT molecular complexity index is 3350. The fraction of sp³-hybridized carbons (Fsp3) is 0.0847. The second-order valence-electron chi connectivity index (χ2n) is 17.2. The summed E-state index contributed by atoms with van der Waals surface area (Å²) in [5, 5.41) is 5.96. The fourth-order valence-corrected chi connectivity index (χ4v) is 10.4. The van der Waals surface area contributed by atoms with E-state index in [1.807, 2.05) is 0 Å². The number of hydrogen-bond donors (Lipinski definition) is 0. The van der Waals surface area contributed by atoms with E-state index in [0.29, 0.717) is 0 Å². The number of anilines is 3. The molecule has 0 aliphatic heterocycles. The van der Waals surface area contributed by atoms with Crippen molar-refractivity contribution >= 4 is 55.1 Å². The Morgan fingerprint density at radius 2 is 1.10 bits per heavy atom. The molecule has 0 amide bonds. The van der Waals surface area contributed by atoms with Gasteiger partial charge in [0, 0.05) is 44.7 Å². The van der Waals surface area contributed by atoms with Crippen LogP contribution >= 0.6 is 0 Å². The van der Waals surface area contributed by atoms with Gasteiger partial charge >= 0.3 is 0 Å². The summed E-state index contributed by atoms with van der Waals surface area (Å²) in [5.74, 6) is 1.09. The highest BCUT2D eigenvalue weighted by Gasteiger charge is 2.36. The maximum atomic E-state index is 7.21. The molecule has 1 aromatic heterocycles. The van der Waals surface area contributed by atoms with Gasteiger partial charge in [-0.15, -0.1) is 0 Å². The molecule has 2 aliphatic carbocycles. The van der Waals surface area contributed by atoms with Crippen LogP contribution in [0.5, 0.6) is 0 Å². The number of allylic oxidation sites excluding steroid dienone is 1. The molecule has 0 spiro atoms. The van der Waals surface area contributed by atoms with Crippen LogP contribution in [0.1, 0.15) is 59.8 Å². The second kappa shape index (κ2) is 13.8. The average molecular weight is 782 g/mol. The normalized spacial score (nSPS) is 15.0. The molecular formula is C59H43NO. The molecule has 1 atom stereocenters. The zero-order valence-corrected chi connectivity index (χ0v) is 34.3. The fourth-order valence-electron chi connectivity index (χ4n) is 10.4. The van der Waals surface area contributed by atoms with Crippen LogP contribution in [-0.4, -0.2) is 0 Å². The number of furan rings is 1. The van der Waals surface area contributed by atoms with Crippen molar-refractivity contribution in [1.82, 2.24) is 0 Å². The van der Waals surface area contributed by atoms with Crippen LogP contribution in [0.3, 0.4) is 0 Å². The lowest BCUT2D eigenvalue weighted by molar-refractivity contribution is 0.518. The number of nitrogens with zero attached hydrogens (tertiary/aromatic N) is 1. The molecule has 0 saturated heterocycles. The standard InChI is InChI=1S/C59H43NO/c1-59(2)54-24-14-13-22-49(54)50-32-31-45(36-55(50)59)60(44-30-25-38-15-9-10-20-42(38)35-44)43-28-26-41(27-29-43)47-34-33-46(39-16-5-3-6-17-39)56-53-37-52(40-18-7-4-8-19-40)48-21-11-12-23-51(48)57(53)61-58(47)56/h3-33,35-37,47H,34H2,1-2H3. The average Bonchev–Trinajstić information content (AvgIpc) is 3.82. The van der Waals surface area contributed by atoms with Gasteiger partial charge in [-0.05, 0) is 115 Å². The molecule has 2 nitrogen and oxygen atoms in total. The van der Waals surface area contributed by atoms with E-state index in [0.717, 1.165) is 45.6 Å². The van der Waals surface area contributed by atoms with Gasteiger partial charge in [-0.2, -0.15) is 0 Å². The van der Waals surface area contributed by atoms with Crippen molar-refractivity contribution in [2.75, 3.05) is 4.90 Å². The molecule has 61 heavy (non-hydrogen) atoms. The van der Waals surface area contributed by atoms with E-state index in [1.165, 1.54) is 71.8 Å². The maximum absolute atomic E-state index is 7.21. The highest BCUT2D eigenvalue weighted by molar-refractivity contribution is 6.15. The maximum Gasteiger partial charge on any atom is 0.142 e. The Labute approximate surface area is 356 Å². The minimum Gasteiger partial charge on any atom is -0.459 e. The summed E-state index contributed by atoms with van der Waals surface area (Å²) in [6, 6.07) is 73.3. The van der Waals surface area contributed by atoms with E-state index < -0.39 is 0 Å². The molecule has 1 unspecified atom stereocenters. The lowest BCUT2D eigenvalue weighted by Gasteiger charge is -2.29. The van der Waals surface area contributed by atoms with E-state index in [4.69, 9.17) is 4.42 Å². The zero-order chi connectivity index (χ0) is 40.7. The van der Waals surface area contributed by atoms with E-state index >= 15 is 0 Å². The quantitative estimate of drug-likeness (QED) is 0.167. The van der Waals surface area contributed by atoms with Gasteiger partial charge < -0.3 is 9.32 Å². The molecule has 290 valence electrons. The van der Waals surface area contributed by atoms with E-state index in [-0.39, 0.29) is 11.3 Å². The van der Waals surface area contributed by atoms with Crippen LogP contribution in [0.15, 0.2) is 211 Å². The smallest absolute Gasteiger partial charge is 0.142 e. The monoisotopic (exact) mass is 781 g/mol. The summed E-state index contributed by atoms with van der Waals surface area (Å²) in [7, 11) is 0. The molecule has 0 N–H and O–H groups in total. The Kier molecular flexibility index (Phi) is 8.05. The molecular weight excluding hydrogens is 739 g/mol. The van der Waals surface area contributed by atoms with Crippen molar-refractivity contribution in [2.24, 2.45) is 0 Å². The van der Waals surface area contributed by atoms with Gasteiger partial charge in [0.2, 0.25) is 0 Å². The lowest BCUT2D eigenvalue weighted by Crippen LogP contribution is -2.16. The molecule has 12 rings (SSSR count). The van der Waals surface area contributed by atoms with Crippen molar-refractivity contribution in [1.29, 1.82) is 0 Å². The van der Waals surface area contributed by atoms with Crippen LogP contribution in [0.2, 0.25) is 0 Å². The van der Waals surface area contributed by atoms with Crippen LogP contribution in [-0.2, 0) is 5.41 Å². The van der Waals surface area contributed by atoms with Gasteiger partial charge in [-0.25, -0.2) is 0 Å².